The first-order valence-corrected chi connectivity index (χ1v) is 6.31. The highest BCUT2D eigenvalue weighted by atomic mass is 32.1. The molecule has 1 aromatic carbocycles. The molecule has 1 heterocycles. The SMILES string of the molecule is Cc1ccc(C(=O)N2CCCC2C(N)=S)c(O)c1. The molecule has 1 aliphatic rings. The maximum Gasteiger partial charge on any atom is 0.258 e. The Hall–Kier alpha value is -1.62. The van der Waals surface area contributed by atoms with Crippen molar-refractivity contribution >= 4 is 23.1 Å². The first kappa shape index (κ1) is 12.8. The number of hydrogen-bond acceptors (Lipinski definition) is 3. The lowest BCUT2D eigenvalue weighted by Gasteiger charge is -2.24. The van der Waals surface area contributed by atoms with Crippen LogP contribution < -0.4 is 5.73 Å². The smallest absolute Gasteiger partial charge is 0.258 e. The Morgan fingerprint density at radius 3 is 2.89 bits per heavy atom. The van der Waals surface area contributed by atoms with E-state index in [4.69, 9.17) is 18.0 Å². The summed E-state index contributed by atoms with van der Waals surface area (Å²) in [5.41, 5.74) is 6.86. The Morgan fingerprint density at radius 2 is 2.28 bits per heavy atom. The van der Waals surface area contributed by atoms with Crippen LogP contribution in [0.25, 0.3) is 0 Å². The van der Waals surface area contributed by atoms with E-state index in [1.165, 1.54) is 0 Å². The van der Waals surface area contributed by atoms with Crippen LogP contribution in [0.1, 0.15) is 28.8 Å². The topological polar surface area (TPSA) is 66.6 Å². The molecule has 1 aromatic rings. The molecule has 1 amide bonds. The molecule has 0 radical (unpaired) electrons. The minimum Gasteiger partial charge on any atom is -0.507 e. The average molecular weight is 264 g/mol. The monoisotopic (exact) mass is 264 g/mol. The molecule has 2 rings (SSSR count). The predicted molar refractivity (Wildman–Crippen MR) is 73.7 cm³/mol. The van der Waals surface area contributed by atoms with Crippen molar-refractivity contribution in [3.05, 3.63) is 29.3 Å². The van der Waals surface area contributed by atoms with Gasteiger partial charge in [0.2, 0.25) is 0 Å². The van der Waals surface area contributed by atoms with Gasteiger partial charge in [-0.2, -0.15) is 0 Å². The van der Waals surface area contributed by atoms with E-state index in [0.717, 1.165) is 18.4 Å². The highest BCUT2D eigenvalue weighted by Crippen LogP contribution is 2.25. The molecule has 4 nitrogen and oxygen atoms in total. The number of carbonyl (C=O) groups is 1. The molecule has 0 bridgehead atoms. The summed E-state index contributed by atoms with van der Waals surface area (Å²) in [5, 5.41) is 9.84. The van der Waals surface area contributed by atoms with Gasteiger partial charge in [-0.1, -0.05) is 18.3 Å². The third-order valence-electron chi connectivity index (χ3n) is 3.23. The van der Waals surface area contributed by atoms with Crippen LogP contribution in [0.5, 0.6) is 5.75 Å². The molecular formula is C13H16N2O2S. The number of amides is 1. The summed E-state index contributed by atoms with van der Waals surface area (Å²) in [4.78, 5) is 14.3. The minimum atomic E-state index is -0.206. The van der Waals surface area contributed by atoms with Crippen LogP contribution in [0.15, 0.2) is 18.2 Å². The Kier molecular flexibility index (Phi) is 3.52. The van der Waals surface area contributed by atoms with Crippen molar-refractivity contribution in [3.63, 3.8) is 0 Å². The van der Waals surface area contributed by atoms with Gasteiger partial charge in [0.25, 0.3) is 5.91 Å². The number of benzene rings is 1. The van der Waals surface area contributed by atoms with Gasteiger partial charge < -0.3 is 15.7 Å². The summed E-state index contributed by atoms with van der Waals surface area (Å²) in [6.45, 7) is 2.50. The van der Waals surface area contributed by atoms with Crippen LogP contribution in [0.2, 0.25) is 0 Å². The maximum absolute atomic E-state index is 12.3. The van der Waals surface area contributed by atoms with Crippen molar-refractivity contribution in [1.82, 2.24) is 4.90 Å². The van der Waals surface area contributed by atoms with E-state index in [9.17, 15) is 9.90 Å². The summed E-state index contributed by atoms with van der Waals surface area (Å²) in [7, 11) is 0. The largest absolute Gasteiger partial charge is 0.507 e. The molecule has 1 unspecified atom stereocenters. The second kappa shape index (κ2) is 4.94. The molecule has 1 atom stereocenters. The van der Waals surface area contributed by atoms with Gasteiger partial charge in [0.1, 0.15) is 5.75 Å². The number of aryl methyl sites for hydroxylation is 1. The Labute approximate surface area is 111 Å². The number of rotatable bonds is 2. The molecule has 5 heteroatoms. The van der Waals surface area contributed by atoms with Crippen LogP contribution in [-0.4, -0.2) is 33.5 Å². The number of hydrogen-bond donors (Lipinski definition) is 2. The molecule has 0 saturated carbocycles. The summed E-state index contributed by atoms with van der Waals surface area (Å²) in [5.74, 6) is -0.198. The van der Waals surface area contributed by atoms with Crippen LogP contribution in [0.3, 0.4) is 0 Å². The van der Waals surface area contributed by atoms with E-state index in [-0.39, 0.29) is 17.7 Å². The highest BCUT2D eigenvalue weighted by Gasteiger charge is 2.32. The lowest BCUT2D eigenvalue weighted by atomic mass is 10.1. The van der Waals surface area contributed by atoms with Gasteiger partial charge in [-0.05, 0) is 37.5 Å². The minimum absolute atomic E-state index is 0.00795. The molecular weight excluding hydrogens is 248 g/mol. The second-order valence-electron chi connectivity index (χ2n) is 4.58. The third kappa shape index (κ3) is 2.31. The van der Waals surface area contributed by atoms with Gasteiger partial charge in [0.15, 0.2) is 0 Å². The summed E-state index contributed by atoms with van der Waals surface area (Å²) in [6.07, 6.45) is 1.69. The Morgan fingerprint density at radius 1 is 1.56 bits per heavy atom. The molecule has 18 heavy (non-hydrogen) atoms. The fraction of sp³-hybridized carbons (Fsp3) is 0.385. The van der Waals surface area contributed by atoms with E-state index in [1.807, 2.05) is 6.92 Å². The lowest BCUT2D eigenvalue weighted by molar-refractivity contribution is 0.0767. The third-order valence-corrected chi connectivity index (χ3v) is 3.50. The summed E-state index contributed by atoms with van der Waals surface area (Å²) < 4.78 is 0. The van der Waals surface area contributed by atoms with Crippen molar-refractivity contribution in [3.8, 4) is 5.75 Å². The van der Waals surface area contributed by atoms with Crippen LogP contribution in [0, 0.1) is 6.92 Å². The molecule has 3 N–H and O–H groups in total. The van der Waals surface area contributed by atoms with Crippen LogP contribution in [0.4, 0.5) is 0 Å². The van der Waals surface area contributed by atoms with E-state index < -0.39 is 0 Å². The quantitative estimate of drug-likeness (QED) is 0.796. The first-order valence-electron chi connectivity index (χ1n) is 5.90. The van der Waals surface area contributed by atoms with Gasteiger partial charge in [-0.25, -0.2) is 0 Å². The van der Waals surface area contributed by atoms with E-state index in [2.05, 4.69) is 0 Å². The number of nitrogens with zero attached hydrogens (tertiary/aromatic N) is 1. The maximum atomic E-state index is 12.3. The standard InChI is InChI=1S/C13H16N2O2S/c1-8-4-5-9(11(16)7-8)13(17)15-6-2-3-10(15)12(14)18/h4-5,7,10,16H,2-3,6H2,1H3,(H2,14,18). The molecule has 1 fully saturated rings. The number of aromatic hydroxyl groups is 1. The van der Waals surface area contributed by atoms with Crippen LogP contribution in [-0.2, 0) is 0 Å². The predicted octanol–water partition coefficient (Wildman–Crippen LogP) is 1.59. The van der Waals surface area contributed by atoms with Gasteiger partial charge in [0, 0.05) is 6.54 Å². The number of phenols is 1. The molecule has 96 valence electrons. The zero-order valence-electron chi connectivity index (χ0n) is 10.2. The van der Waals surface area contributed by atoms with Gasteiger partial charge in [-0.15, -0.1) is 0 Å². The van der Waals surface area contributed by atoms with E-state index >= 15 is 0 Å². The van der Waals surface area contributed by atoms with E-state index in [1.54, 1.807) is 23.1 Å². The van der Waals surface area contributed by atoms with Crippen molar-refractivity contribution in [1.29, 1.82) is 0 Å². The molecule has 1 aliphatic heterocycles. The average Bonchev–Trinajstić information content (AvgIpc) is 2.77. The zero-order chi connectivity index (χ0) is 13.3. The first-order chi connectivity index (χ1) is 8.50. The number of nitrogens with two attached hydrogens (primary N) is 1. The molecule has 0 spiro atoms. The van der Waals surface area contributed by atoms with Gasteiger partial charge in [0.05, 0.1) is 16.6 Å². The number of phenolic OH excluding ortho intramolecular Hbond substituents is 1. The highest BCUT2D eigenvalue weighted by molar-refractivity contribution is 7.80. The lowest BCUT2D eigenvalue weighted by Crippen LogP contribution is -2.42. The fourth-order valence-electron chi connectivity index (χ4n) is 2.28. The number of likely N-dealkylation sites (tertiary alicyclic amines) is 1. The fourth-order valence-corrected chi connectivity index (χ4v) is 2.53. The van der Waals surface area contributed by atoms with Crippen molar-refractivity contribution in [2.24, 2.45) is 5.73 Å². The van der Waals surface area contributed by atoms with Gasteiger partial charge in [-0.3, -0.25) is 4.79 Å². The van der Waals surface area contributed by atoms with E-state index in [0.29, 0.717) is 17.1 Å². The Bertz CT molecular complexity index is 502. The van der Waals surface area contributed by atoms with Gasteiger partial charge >= 0.3 is 0 Å². The van der Waals surface area contributed by atoms with Crippen LogP contribution >= 0.6 is 12.2 Å². The van der Waals surface area contributed by atoms with Crippen molar-refractivity contribution < 1.29 is 9.90 Å². The summed E-state index contributed by atoms with van der Waals surface area (Å²) in [6, 6.07) is 4.84. The molecule has 0 aromatic heterocycles. The second-order valence-corrected chi connectivity index (χ2v) is 5.05. The van der Waals surface area contributed by atoms with Crippen molar-refractivity contribution in [2.75, 3.05) is 6.54 Å². The Balaban J connectivity index is 2.28. The molecule has 1 saturated heterocycles. The number of thiocarbonyl (C=S) groups is 1. The molecule has 0 aliphatic carbocycles. The summed E-state index contributed by atoms with van der Waals surface area (Å²) >= 11 is 4.98. The van der Waals surface area contributed by atoms with Crippen molar-refractivity contribution in [2.45, 2.75) is 25.8 Å². The normalized spacial score (nSPS) is 18.9. The number of carbonyl (C=O) groups excluding carboxylic acids is 1. The zero-order valence-corrected chi connectivity index (χ0v) is 11.0.